The molecule has 4 heteroatoms. The fourth-order valence-corrected chi connectivity index (χ4v) is 1.80. The predicted octanol–water partition coefficient (Wildman–Crippen LogP) is 0.788. The first kappa shape index (κ1) is 13.2. The number of nitrogens with one attached hydrogen (secondary N) is 1. The molecule has 0 radical (unpaired) electrons. The highest BCUT2D eigenvalue weighted by Crippen LogP contribution is 2.07. The first-order valence-corrected chi connectivity index (χ1v) is 5.90. The Balaban J connectivity index is 2.39. The molecule has 1 aliphatic heterocycles. The molecule has 2 unspecified atom stereocenters. The minimum atomic E-state index is -0.347. The van der Waals surface area contributed by atoms with Gasteiger partial charge in [0.1, 0.15) is 6.10 Å². The fraction of sp³-hybridized carbons (Fsp3) is 0.750. The van der Waals surface area contributed by atoms with Crippen LogP contribution in [0.3, 0.4) is 0 Å². The van der Waals surface area contributed by atoms with Crippen molar-refractivity contribution in [2.75, 3.05) is 26.2 Å². The van der Waals surface area contributed by atoms with Crippen LogP contribution in [0.15, 0.2) is 12.7 Å². The molecular weight excluding hydrogens is 204 g/mol. The quantitative estimate of drug-likeness (QED) is 0.556. The Morgan fingerprint density at radius 1 is 1.75 bits per heavy atom. The van der Waals surface area contributed by atoms with E-state index in [9.17, 15) is 4.79 Å². The SMILES string of the molecule is C=CCCOC(C)C(=O)N1CCNCC1C. The van der Waals surface area contributed by atoms with Crippen molar-refractivity contribution in [2.45, 2.75) is 32.4 Å². The van der Waals surface area contributed by atoms with Crippen LogP contribution in [0.1, 0.15) is 20.3 Å². The van der Waals surface area contributed by atoms with Crippen molar-refractivity contribution in [2.24, 2.45) is 0 Å². The summed E-state index contributed by atoms with van der Waals surface area (Å²) in [5, 5.41) is 3.26. The molecule has 1 rings (SSSR count). The van der Waals surface area contributed by atoms with E-state index in [4.69, 9.17) is 4.74 Å². The van der Waals surface area contributed by atoms with E-state index in [1.54, 1.807) is 6.08 Å². The third-order valence-corrected chi connectivity index (χ3v) is 2.82. The number of amides is 1. The highest BCUT2D eigenvalue weighted by Gasteiger charge is 2.26. The summed E-state index contributed by atoms with van der Waals surface area (Å²) in [6, 6.07) is 0.256. The molecule has 0 aromatic rings. The number of carbonyl (C=O) groups excluding carboxylic acids is 1. The molecule has 0 bridgehead atoms. The molecule has 16 heavy (non-hydrogen) atoms. The van der Waals surface area contributed by atoms with Gasteiger partial charge in [-0.05, 0) is 20.3 Å². The van der Waals surface area contributed by atoms with Crippen molar-refractivity contribution in [3.05, 3.63) is 12.7 Å². The number of piperazine rings is 1. The van der Waals surface area contributed by atoms with E-state index in [1.807, 2.05) is 11.8 Å². The van der Waals surface area contributed by atoms with Gasteiger partial charge >= 0.3 is 0 Å². The lowest BCUT2D eigenvalue weighted by Gasteiger charge is -2.35. The first-order chi connectivity index (χ1) is 7.66. The molecule has 0 spiro atoms. The summed E-state index contributed by atoms with van der Waals surface area (Å²) < 4.78 is 5.46. The van der Waals surface area contributed by atoms with Gasteiger partial charge in [0.25, 0.3) is 5.91 Å². The molecule has 0 aromatic heterocycles. The van der Waals surface area contributed by atoms with Gasteiger partial charge in [-0.3, -0.25) is 4.79 Å². The van der Waals surface area contributed by atoms with Gasteiger partial charge in [-0.25, -0.2) is 0 Å². The van der Waals surface area contributed by atoms with E-state index >= 15 is 0 Å². The second-order valence-electron chi connectivity index (χ2n) is 4.18. The molecule has 1 fully saturated rings. The van der Waals surface area contributed by atoms with Gasteiger partial charge in [0.05, 0.1) is 6.61 Å². The lowest BCUT2D eigenvalue weighted by atomic mass is 10.2. The van der Waals surface area contributed by atoms with Gasteiger partial charge in [-0.1, -0.05) is 6.08 Å². The molecule has 1 N–H and O–H groups in total. The van der Waals surface area contributed by atoms with Crippen LogP contribution in [0.4, 0.5) is 0 Å². The zero-order valence-corrected chi connectivity index (χ0v) is 10.2. The second-order valence-corrected chi connectivity index (χ2v) is 4.18. The van der Waals surface area contributed by atoms with Crippen LogP contribution in [-0.4, -0.2) is 49.2 Å². The largest absolute Gasteiger partial charge is 0.368 e. The number of carbonyl (C=O) groups is 1. The van der Waals surface area contributed by atoms with Crippen LogP contribution in [0, 0.1) is 0 Å². The Labute approximate surface area is 97.6 Å². The summed E-state index contributed by atoms with van der Waals surface area (Å²) in [5.41, 5.74) is 0. The van der Waals surface area contributed by atoms with Crippen molar-refractivity contribution >= 4 is 5.91 Å². The van der Waals surface area contributed by atoms with Gasteiger partial charge in [-0.2, -0.15) is 0 Å². The summed E-state index contributed by atoms with van der Waals surface area (Å²) >= 11 is 0. The summed E-state index contributed by atoms with van der Waals surface area (Å²) in [4.78, 5) is 13.9. The molecule has 1 saturated heterocycles. The third kappa shape index (κ3) is 3.61. The maximum absolute atomic E-state index is 12.1. The number of ether oxygens (including phenoxy) is 1. The molecule has 4 nitrogen and oxygen atoms in total. The minimum absolute atomic E-state index is 0.0954. The molecule has 0 saturated carbocycles. The lowest BCUT2D eigenvalue weighted by Crippen LogP contribution is -2.54. The molecule has 0 aliphatic carbocycles. The van der Waals surface area contributed by atoms with Crippen LogP contribution >= 0.6 is 0 Å². The Hall–Kier alpha value is -0.870. The van der Waals surface area contributed by atoms with E-state index in [2.05, 4.69) is 18.8 Å². The summed E-state index contributed by atoms with van der Waals surface area (Å²) in [6.45, 7) is 10.6. The minimum Gasteiger partial charge on any atom is -0.368 e. The lowest BCUT2D eigenvalue weighted by molar-refractivity contribution is -0.145. The van der Waals surface area contributed by atoms with Crippen molar-refractivity contribution < 1.29 is 9.53 Å². The Morgan fingerprint density at radius 2 is 2.50 bits per heavy atom. The van der Waals surface area contributed by atoms with Crippen LogP contribution < -0.4 is 5.32 Å². The van der Waals surface area contributed by atoms with E-state index < -0.39 is 0 Å². The summed E-state index contributed by atoms with van der Waals surface area (Å²) in [7, 11) is 0. The number of hydrogen-bond acceptors (Lipinski definition) is 3. The molecule has 92 valence electrons. The van der Waals surface area contributed by atoms with Crippen molar-refractivity contribution in [1.29, 1.82) is 0 Å². The zero-order chi connectivity index (χ0) is 12.0. The number of rotatable bonds is 5. The van der Waals surface area contributed by atoms with Crippen molar-refractivity contribution in [3.8, 4) is 0 Å². The van der Waals surface area contributed by atoms with Crippen LogP contribution in [0.25, 0.3) is 0 Å². The van der Waals surface area contributed by atoms with Gasteiger partial charge in [0.2, 0.25) is 0 Å². The molecule has 2 atom stereocenters. The summed E-state index contributed by atoms with van der Waals surface area (Å²) in [5.74, 6) is 0.0954. The molecule has 1 heterocycles. The average Bonchev–Trinajstić information content (AvgIpc) is 2.29. The van der Waals surface area contributed by atoms with E-state index in [-0.39, 0.29) is 18.1 Å². The normalized spacial score (nSPS) is 22.9. The number of nitrogens with zero attached hydrogens (tertiary/aromatic N) is 1. The zero-order valence-electron chi connectivity index (χ0n) is 10.2. The van der Waals surface area contributed by atoms with E-state index in [0.717, 1.165) is 26.1 Å². The smallest absolute Gasteiger partial charge is 0.251 e. The van der Waals surface area contributed by atoms with Crippen LogP contribution in [0.5, 0.6) is 0 Å². The standard InChI is InChI=1S/C12H22N2O2/c1-4-5-8-16-11(3)12(15)14-7-6-13-9-10(14)2/h4,10-11,13H,1,5-9H2,2-3H3. The maximum atomic E-state index is 12.1. The van der Waals surface area contributed by atoms with Gasteiger partial charge in [-0.15, -0.1) is 6.58 Å². The monoisotopic (exact) mass is 226 g/mol. The third-order valence-electron chi connectivity index (χ3n) is 2.82. The van der Waals surface area contributed by atoms with E-state index in [1.165, 1.54) is 0 Å². The maximum Gasteiger partial charge on any atom is 0.251 e. The number of hydrogen-bond donors (Lipinski definition) is 1. The Morgan fingerprint density at radius 3 is 3.12 bits per heavy atom. The molecule has 0 aromatic carbocycles. The van der Waals surface area contributed by atoms with Crippen LogP contribution in [-0.2, 0) is 9.53 Å². The van der Waals surface area contributed by atoms with E-state index in [0.29, 0.717) is 6.61 Å². The van der Waals surface area contributed by atoms with Gasteiger partial charge < -0.3 is 15.0 Å². The molecule has 1 amide bonds. The highest BCUT2D eigenvalue weighted by atomic mass is 16.5. The van der Waals surface area contributed by atoms with Crippen molar-refractivity contribution in [3.63, 3.8) is 0 Å². The van der Waals surface area contributed by atoms with Gasteiger partial charge in [0, 0.05) is 25.7 Å². The van der Waals surface area contributed by atoms with Crippen molar-refractivity contribution in [1.82, 2.24) is 10.2 Å². The fourth-order valence-electron chi connectivity index (χ4n) is 1.80. The highest BCUT2D eigenvalue weighted by molar-refractivity contribution is 5.81. The Kier molecular flexibility index (Phi) is 5.49. The topological polar surface area (TPSA) is 41.6 Å². The summed E-state index contributed by atoms with van der Waals surface area (Å²) in [6.07, 6.45) is 2.24. The second kappa shape index (κ2) is 6.66. The first-order valence-electron chi connectivity index (χ1n) is 5.90. The predicted molar refractivity (Wildman–Crippen MR) is 64.3 cm³/mol. The average molecular weight is 226 g/mol. The van der Waals surface area contributed by atoms with Crippen LogP contribution in [0.2, 0.25) is 0 Å². The molecule has 1 aliphatic rings. The Bertz CT molecular complexity index is 243. The molecular formula is C12H22N2O2. The van der Waals surface area contributed by atoms with Gasteiger partial charge in [0.15, 0.2) is 0 Å².